The number of methoxy groups -OCH3 is 1. The van der Waals surface area contributed by atoms with Crippen molar-refractivity contribution in [2.45, 2.75) is 12.1 Å². The highest BCUT2D eigenvalue weighted by Crippen LogP contribution is 2.39. The average molecular weight is 423 g/mol. The molecule has 0 aliphatic carbocycles. The summed E-state index contributed by atoms with van der Waals surface area (Å²) in [5.41, 5.74) is 3.27. The second-order valence-electron chi connectivity index (χ2n) is 6.89. The molecule has 1 saturated heterocycles. The van der Waals surface area contributed by atoms with E-state index in [0.29, 0.717) is 17.2 Å². The van der Waals surface area contributed by atoms with Crippen molar-refractivity contribution in [2.24, 2.45) is 0 Å². The summed E-state index contributed by atoms with van der Waals surface area (Å²) in [6.45, 7) is 0.397. The van der Waals surface area contributed by atoms with Gasteiger partial charge >= 0.3 is 5.97 Å². The summed E-state index contributed by atoms with van der Waals surface area (Å²) in [7, 11) is 1.36. The van der Waals surface area contributed by atoms with Crippen molar-refractivity contribution in [3.63, 3.8) is 0 Å². The molecule has 1 aliphatic rings. The predicted molar refractivity (Wildman–Crippen MR) is 116 cm³/mol. The average Bonchev–Trinajstić information content (AvgIpc) is 3.39. The highest BCUT2D eigenvalue weighted by Gasteiger charge is 2.40. The van der Waals surface area contributed by atoms with Crippen molar-refractivity contribution in [3.05, 3.63) is 83.9 Å². The van der Waals surface area contributed by atoms with Gasteiger partial charge < -0.3 is 24.6 Å². The van der Waals surface area contributed by atoms with E-state index in [-0.39, 0.29) is 24.7 Å². The van der Waals surface area contributed by atoms with E-state index in [1.54, 1.807) is 18.3 Å². The zero-order chi connectivity index (χ0) is 21.1. The molecule has 1 aromatic carbocycles. The van der Waals surface area contributed by atoms with Crippen LogP contribution in [0.4, 0.5) is 0 Å². The lowest BCUT2D eigenvalue weighted by Crippen LogP contribution is -2.32. The second-order valence-corrected chi connectivity index (χ2v) is 7.27. The minimum atomic E-state index is -0.371. The van der Waals surface area contributed by atoms with Crippen LogP contribution < -0.4 is 5.32 Å². The molecule has 0 saturated carbocycles. The van der Waals surface area contributed by atoms with Crippen LogP contribution in [0.5, 0.6) is 0 Å². The number of nitrogens with zero attached hydrogens (tertiary/aromatic N) is 3. The van der Waals surface area contributed by atoms with Gasteiger partial charge in [0.05, 0.1) is 37.1 Å². The molecule has 2 N–H and O–H groups in total. The molecule has 1 aliphatic heterocycles. The number of thiocarbonyl (C=S) groups is 1. The third kappa shape index (κ3) is 3.67. The number of hydrogen-bond acceptors (Lipinski definition) is 5. The lowest BCUT2D eigenvalue weighted by Gasteiger charge is -2.28. The first-order chi connectivity index (χ1) is 14.6. The zero-order valence-electron chi connectivity index (χ0n) is 16.4. The van der Waals surface area contributed by atoms with Crippen LogP contribution in [0, 0.1) is 0 Å². The third-order valence-electron chi connectivity index (χ3n) is 5.19. The maximum Gasteiger partial charge on any atom is 0.337 e. The van der Waals surface area contributed by atoms with E-state index in [1.807, 2.05) is 53.6 Å². The Morgan fingerprint density at radius 3 is 2.67 bits per heavy atom. The molecule has 3 aromatic rings. The Bertz CT molecular complexity index is 1040. The Hall–Kier alpha value is -3.23. The van der Waals surface area contributed by atoms with Crippen molar-refractivity contribution in [1.29, 1.82) is 0 Å². The molecule has 8 heteroatoms. The van der Waals surface area contributed by atoms with Crippen LogP contribution in [0.25, 0.3) is 5.69 Å². The lowest BCUT2D eigenvalue weighted by atomic mass is 10.0. The van der Waals surface area contributed by atoms with Crippen LogP contribution >= 0.6 is 12.2 Å². The number of aliphatic hydroxyl groups excluding tert-OH is 1. The molecule has 0 spiro atoms. The number of aliphatic hydroxyl groups is 1. The van der Waals surface area contributed by atoms with Crippen LogP contribution in [0.1, 0.15) is 33.8 Å². The maximum atomic E-state index is 11.7. The summed E-state index contributed by atoms with van der Waals surface area (Å²) >= 11 is 5.57. The van der Waals surface area contributed by atoms with E-state index >= 15 is 0 Å². The van der Waals surface area contributed by atoms with Crippen LogP contribution in [0.3, 0.4) is 0 Å². The minimum absolute atomic E-state index is 0.0121. The van der Waals surface area contributed by atoms with Crippen molar-refractivity contribution in [1.82, 2.24) is 19.8 Å². The van der Waals surface area contributed by atoms with Gasteiger partial charge in [0.15, 0.2) is 5.11 Å². The van der Waals surface area contributed by atoms with Crippen molar-refractivity contribution < 1.29 is 14.6 Å². The Balaban J connectivity index is 1.75. The molecule has 2 unspecified atom stereocenters. The fourth-order valence-electron chi connectivity index (χ4n) is 3.82. The third-order valence-corrected chi connectivity index (χ3v) is 5.54. The Morgan fingerprint density at radius 2 is 2.00 bits per heavy atom. The fraction of sp³-hybridized carbons (Fsp3) is 0.227. The molecule has 4 rings (SSSR count). The van der Waals surface area contributed by atoms with E-state index in [1.165, 1.54) is 7.11 Å². The molecule has 154 valence electrons. The number of benzene rings is 1. The normalized spacial score (nSPS) is 18.3. The van der Waals surface area contributed by atoms with Crippen LogP contribution in [0.15, 0.2) is 67.0 Å². The van der Waals surface area contributed by atoms with E-state index < -0.39 is 0 Å². The smallest absolute Gasteiger partial charge is 0.337 e. The standard InChI is InChI=1S/C22H22N4O3S/c1-29-21(28)15-7-9-16(10-8-15)25-12-4-6-18(25)20-19(17-5-2-3-11-23-17)24-22(30)26(20)13-14-27/h2-12,19-20,27H,13-14H2,1H3,(H,24,30). The predicted octanol–water partition coefficient (Wildman–Crippen LogP) is 2.62. The second kappa shape index (κ2) is 8.64. The minimum Gasteiger partial charge on any atom is -0.465 e. The number of hydrogen-bond donors (Lipinski definition) is 2. The van der Waals surface area contributed by atoms with Crippen molar-refractivity contribution >= 4 is 23.3 Å². The highest BCUT2D eigenvalue weighted by atomic mass is 32.1. The molecule has 2 aromatic heterocycles. The Kier molecular flexibility index (Phi) is 5.78. The van der Waals surface area contributed by atoms with Gasteiger partial charge in [-0.15, -0.1) is 0 Å². The molecule has 7 nitrogen and oxygen atoms in total. The summed E-state index contributed by atoms with van der Waals surface area (Å²) in [6.07, 6.45) is 3.73. The molecule has 30 heavy (non-hydrogen) atoms. The largest absolute Gasteiger partial charge is 0.465 e. The molecule has 0 amide bonds. The van der Waals surface area contributed by atoms with Crippen LogP contribution in [-0.2, 0) is 4.74 Å². The van der Waals surface area contributed by atoms with Gasteiger partial charge in [0.1, 0.15) is 0 Å². The molecule has 3 heterocycles. The quantitative estimate of drug-likeness (QED) is 0.467. The first-order valence-electron chi connectivity index (χ1n) is 9.59. The number of nitrogens with one attached hydrogen (secondary N) is 1. The first kappa shape index (κ1) is 20.1. The van der Waals surface area contributed by atoms with E-state index in [0.717, 1.165) is 17.1 Å². The van der Waals surface area contributed by atoms with Crippen LogP contribution in [-0.4, -0.2) is 50.9 Å². The summed E-state index contributed by atoms with van der Waals surface area (Å²) < 4.78 is 6.84. The van der Waals surface area contributed by atoms with E-state index in [9.17, 15) is 9.90 Å². The number of ether oxygens (including phenoxy) is 1. The van der Waals surface area contributed by atoms with Gasteiger partial charge in [-0.05, 0) is 60.7 Å². The highest BCUT2D eigenvalue weighted by molar-refractivity contribution is 7.80. The topological polar surface area (TPSA) is 79.6 Å². The molecule has 1 fully saturated rings. The summed E-state index contributed by atoms with van der Waals surface area (Å²) in [5.74, 6) is -0.371. The number of esters is 1. The van der Waals surface area contributed by atoms with E-state index in [4.69, 9.17) is 17.0 Å². The number of carbonyl (C=O) groups excluding carboxylic acids is 1. The first-order valence-corrected chi connectivity index (χ1v) is 10.00. The van der Waals surface area contributed by atoms with Gasteiger partial charge in [0.2, 0.25) is 0 Å². The van der Waals surface area contributed by atoms with Crippen molar-refractivity contribution in [2.75, 3.05) is 20.3 Å². The molecule has 0 bridgehead atoms. The maximum absolute atomic E-state index is 11.7. The zero-order valence-corrected chi connectivity index (χ0v) is 17.2. The monoisotopic (exact) mass is 422 g/mol. The number of carbonyl (C=O) groups is 1. The van der Waals surface area contributed by atoms with Gasteiger partial charge in [-0.25, -0.2) is 4.79 Å². The SMILES string of the molecule is COC(=O)c1ccc(-n2cccc2C2C(c3ccccn3)NC(=S)N2CCO)cc1. The summed E-state index contributed by atoms with van der Waals surface area (Å²) in [6, 6.07) is 16.7. The number of aromatic nitrogens is 2. The van der Waals surface area contributed by atoms with Gasteiger partial charge in [0.25, 0.3) is 0 Å². The van der Waals surface area contributed by atoms with Crippen molar-refractivity contribution in [3.8, 4) is 5.69 Å². The number of rotatable bonds is 6. The van der Waals surface area contributed by atoms with Crippen LogP contribution in [0.2, 0.25) is 0 Å². The molecule has 2 atom stereocenters. The van der Waals surface area contributed by atoms with E-state index in [2.05, 4.69) is 14.9 Å². The Morgan fingerprint density at radius 1 is 1.20 bits per heavy atom. The lowest BCUT2D eigenvalue weighted by molar-refractivity contribution is 0.0600. The molecule has 0 radical (unpaired) electrons. The fourth-order valence-corrected chi connectivity index (χ4v) is 4.15. The molecular weight excluding hydrogens is 400 g/mol. The van der Waals surface area contributed by atoms with Gasteiger partial charge in [-0.1, -0.05) is 6.07 Å². The molecular formula is C22H22N4O3S. The number of β-amino-alcohol motifs (C(OH)–C–C–N with tert-alkyl or cyclic N) is 1. The Labute approximate surface area is 179 Å². The van der Waals surface area contributed by atoms with Gasteiger partial charge in [0, 0.05) is 30.3 Å². The summed E-state index contributed by atoms with van der Waals surface area (Å²) in [4.78, 5) is 18.3. The van der Waals surface area contributed by atoms with Gasteiger partial charge in [-0.3, -0.25) is 4.98 Å². The number of pyridine rings is 1. The van der Waals surface area contributed by atoms with Gasteiger partial charge in [-0.2, -0.15) is 0 Å². The summed E-state index contributed by atoms with van der Waals surface area (Å²) in [5, 5.41) is 13.6.